The van der Waals surface area contributed by atoms with Crippen LogP contribution < -0.4 is 4.74 Å². The molecule has 9 heteroatoms. The first-order chi connectivity index (χ1) is 21.7. The van der Waals surface area contributed by atoms with E-state index >= 15 is 0 Å². The monoisotopic (exact) mass is 670 g/mol. The molecule has 2 aliphatic heterocycles. The van der Waals surface area contributed by atoms with Gasteiger partial charge in [0, 0.05) is 58.3 Å². The van der Waals surface area contributed by atoms with Crippen LogP contribution in [0.2, 0.25) is 0 Å². The van der Waals surface area contributed by atoms with E-state index in [9.17, 15) is 24.3 Å². The Kier molecular flexibility index (Phi) is 7.64. The molecule has 0 radical (unpaired) electrons. The molecular weight excluding hydrogens is 636 g/mol. The number of ketones is 2. The number of phenols is 1. The smallest absolute Gasteiger partial charge is 0.233 e. The predicted molar refractivity (Wildman–Crippen MR) is 170 cm³/mol. The quantitative estimate of drug-likeness (QED) is 0.263. The molecule has 0 bridgehead atoms. The molecule has 4 atom stereocenters. The molecule has 0 unspecified atom stereocenters. The van der Waals surface area contributed by atoms with Crippen molar-refractivity contribution in [2.45, 2.75) is 51.1 Å². The third-order valence-corrected chi connectivity index (χ3v) is 10.8. The minimum absolute atomic E-state index is 0.119. The Labute approximate surface area is 270 Å². The number of halogens is 1. The van der Waals surface area contributed by atoms with Crippen molar-refractivity contribution in [1.82, 2.24) is 9.80 Å². The van der Waals surface area contributed by atoms with Gasteiger partial charge in [0.15, 0.2) is 23.1 Å². The average Bonchev–Trinajstić information content (AvgIpc) is 3.30. The van der Waals surface area contributed by atoms with Gasteiger partial charge in [-0.1, -0.05) is 57.9 Å². The number of piperidine rings is 1. The van der Waals surface area contributed by atoms with Gasteiger partial charge in [-0.2, -0.15) is 0 Å². The molecule has 3 aliphatic carbocycles. The van der Waals surface area contributed by atoms with Gasteiger partial charge in [0.05, 0.1) is 18.9 Å². The summed E-state index contributed by atoms with van der Waals surface area (Å²) < 4.78 is 6.08. The van der Waals surface area contributed by atoms with E-state index < -0.39 is 23.7 Å². The summed E-state index contributed by atoms with van der Waals surface area (Å²) in [5, 5.41) is 11.3. The van der Waals surface area contributed by atoms with E-state index in [1.54, 1.807) is 19.1 Å². The zero-order chi connectivity index (χ0) is 31.6. The fourth-order valence-corrected chi connectivity index (χ4v) is 8.70. The Morgan fingerprint density at radius 1 is 1.00 bits per heavy atom. The van der Waals surface area contributed by atoms with Crippen LogP contribution in [0.15, 0.2) is 81.4 Å². The van der Waals surface area contributed by atoms with Crippen LogP contribution >= 0.6 is 15.9 Å². The highest BCUT2D eigenvalue weighted by atomic mass is 79.9. The molecule has 2 aromatic rings. The molecule has 7 rings (SSSR count). The number of nitrogens with zero attached hydrogens (tertiary/aromatic N) is 2. The summed E-state index contributed by atoms with van der Waals surface area (Å²) in [6.07, 6.45) is 5.36. The average molecular weight is 672 g/mol. The number of likely N-dealkylation sites (tertiary alicyclic amines) is 2. The number of benzene rings is 2. The van der Waals surface area contributed by atoms with Crippen molar-refractivity contribution in [3.05, 3.63) is 92.5 Å². The topological polar surface area (TPSA) is 104 Å². The number of carbonyl (C=O) groups is 4. The van der Waals surface area contributed by atoms with Crippen LogP contribution in [0.25, 0.3) is 0 Å². The Bertz CT molecular complexity index is 1720. The van der Waals surface area contributed by atoms with E-state index in [2.05, 4.69) is 33.0 Å². The number of imide groups is 1. The van der Waals surface area contributed by atoms with Crippen LogP contribution in [0.1, 0.15) is 49.7 Å². The van der Waals surface area contributed by atoms with Gasteiger partial charge in [-0.3, -0.25) is 29.0 Å². The predicted octanol–water partition coefficient (Wildman–Crippen LogP) is 5.26. The minimum Gasteiger partial charge on any atom is -0.504 e. The fraction of sp³-hybridized carbons (Fsp3) is 0.389. The summed E-state index contributed by atoms with van der Waals surface area (Å²) in [6, 6.07) is 13.5. The molecule has 232 valence electrons. The van der Waals surface area contributed by atoms with Crippen molar-refractivity contribution >= 4 is 39.3 Å². The third kappa shape index (κ3) is 4.91. The molecule has 0 aromatic heterocycles. The van der Waals surface area contributed by atoms with Gasteiger partial charge in [-0.05, 0) is 62.3 Å². The van der Waals surface area contributed by atoms with E-state index in [0.717, 1.165) is 38.0 Å². The van der Waals surface area contributed by atoms with Crippen molar-refractivity contribution in [3.63, 3.8) is 0 Å². The number of methoxy groups -OCH3 is 1. The van der Waals surface area contributed by atoms with Crippen molar-refractivity contribution in [1.29, 1.82) is 0 Å². The maximum atomic E-state index is 14.3. The molecule has 0 saturated carbocycles. The van der Waals surface area contributed by atoms with Crippen molar-refractivity contribution in [2.75, 3.05) is 20.2 Å². The molecule has 2 amide bonds. The van der Waals surface area contributed by atoms with Crippen LogP contribution in [0.4, 0.5) is 0 Å². The van der Waals surface area contributed by atoms with E-state index in [1.165, 1.54) is 23.6 Å². The summed E-state index contributed by atoms with van der Waals surface area (Å²) in [6.45, 7) is 4.05. The Balaban J connectivity index is 1.21. The fourth-order valence-electron chi connectivity index (χ4n) is 8.25. The zero-order valence-corrected chi connectivity index (χ0v) is 26.9. The lowest BCUT2D eigenvalue weighted by Gasteiger charge is -2.42. The Morgan fingerprint density at radius 2 is 1.73 bits per heavy atom. The number of Topliss-reactive ketones (excluding diaryl/α,β-unsaturated/α-hetero) is 1. The molecular formula is C36H35BrN2O6. The van der Waals surface area contributed by atoms with Crippen molar-refractivity contribution in [2.24, 2.45) is 17.8 Å². The number of fused-ring (bicyclic) bond motifs is 3. The summed E-state index contributed by atoms with van der Waals surface area (Å²) in [5.74, 6) is -3.01. The number of aromatic hydroxyl groups is 1. The molecule has 45 heavy (non-hydrogen) atoms. The minimum atomic E-state index is -0.746. The van der Waals surface area contributed by atoms with E-state index in [1.807, 2.05) is 24.3 Å². The molecule has 2 fully saturated rings. The number of allylic oxidation sites excluding steroid dienone is 6. The molecule has 0 spiro atoms. The maximum absolute atomic E-state index is 14.3. The molecule has 2 aromatic carbocycles. The number of amides is 2. The van der Waals surface area contributed by atoms with Gasteiger partial charge in [0.1, 0.15) is 0 Å². The number of rotatable bonds is 5. The normalized spacial score (nSPS) is 27.2. The second kappa shape index (κ2) is 11.5. The first-order valence-electron chi connectivity index (χ1n) is 15.6. The second-order valence-electron chi connectivity index (χ2n) is 12.8. The molecule has 8 nitrogen and oxygen atoms in total. The number of ether oxygens (including phenoxy) is 1. The summed E-state index contributed by atoms with van der Waals surface area (Å²) in [5.41, 5.74) is 3.53. The summed E-state index contributed by atoms with van der Waals surface area (Å²) in [7, 11) is 1.45. The first-order valence-corrected chi connectivity index (χ1v) is 16.4. The molecule has 2 heterocycles. The summed E-state index contributed by atoms with van der Waals surface area (Å²) in [4.78, 5) is 59.3. The van der Waals surface area contributed by atoms with Gasteiger partial charge >= 0.3 is 0 Å². The SMILES string of the molecule is COc1cc(Br)cc([C@H]2C3=CC[C@@H]4C(=O)N(C5CCN(Cc6ccccc6)CC5)C(=O)[C@@H]4[C@@H]3CC3=C2C(=O)C(C)=CC3=O)c1O. The highest BCUT2D eigenvalue weighted by Gasteiger charge is 2.57. The largest absolute Gasteiger partial charge is 0.504 e. The van der Waals surface area contributed by atoms with Crippen molar-refractivity contribution in [3.8, 4) is 11.5 Å². The first kappa shape index (κ1) is 29.9. The number of hydrogen-bond acceptors (Lipinski definition) is 7. The van der Waals surface area contributed by atoms with Gasteiger partial charge in [0.25, 0.3) is 0 Å². The van der Waals surface area contributed by atoms with Crippen LogP contribution in [0, 0.1) is 17.8 Å². The highest BCUT2D eigenvalue weighted by Crippen LogP contribution is 2.57. The van der Waals surface area contributed by atoms with Crippen LogP contribution in [0.5, 0.6) is 11.5 Å². The maximum Gasteiger partial charge on any atom is 0.233 e. The van der Waals surface area contributed by atoms with Crippen LogP contribution in [0.3, 0.4) is 0 Å². The Hall–Kier alpha value is -3.82. The number of hydrogen-bond donors (Lipinski definition) is 1. The van der Waals surface area contributed by atoms with E-state index in [-0.39, 0.29) is 47.3 Å². The molecule has 2 saturated heterocycles. The zero-order valence-electron chi connectivity index (χ0n) is 25.3. The number of carbonyl (C=O) groups excluding carboxylic acids is 4. The highest BCUT2D eigenvalue weighted by molar-refractivity contribution is 9.10. The molecule has 5 aliphatic rings. The van der Waals surface area contributed by atoms with E-state index in [4.69, 9.17) is 4.74 Å². The number of phenolic OH excluding ortho intramolecular Hbond substituents is 1. The van der Waals surface area contributed by atoms with Gasteiger partial charge in [-0.15, -0.1) is 0 Å². The molecule has 1 N–H and O–H groups in total. The van der Waals surface area contributed by atoms with Gasteiger partial charge < -0.3 is 9.84 Å². The van der Waals surface area contributed by atoms with Gasteiger partial charge in [0.2, 0.25) is 11.8 Å². The standard InChI is InChI=1S/C36H35BrN2O6/c1-19-14-28(40)26-17-25-23(30(32(26)33(19)41)27-15-21(37)16-29(45-2)34(27)42)8-9-24-31(25)36(44)39(35(24)43)22-10-12-38(13-11-22)18-20-6-4-3-5-7-20/h3-8,14-16,22,24-25,30-31,42H,9-13,17-18H2,1-2H3/t24-,25+,30+,31-/m0/s1. The van der Waals surface area contributed by atoms with Crippen LogP contribution in [-0.4, -0.2) is 64.5 Å². The lowest BCUT2D eigenvalue weighted by atomic mass is 9.59. The third-order valence-electron chi connectivity index (χ3n) is 10.4. The Morgan fingerprint density at radius 3 is 2.44 bits per heavy atom. The van der Waals surface area contributed by atoms with Crippen LogP contribution in [-0.2, 0) is 25.7 Å². The lowest BCUT2D eigenvalue weighted by molar-refractivity contribution is -0.144. The summed E-state index contributed by atoms with van der Waals surface area (Å²) >= 11 is 3.51. The lowest BCUT2D eigenvalue weighted by Crippen LogP contribution is -2.47. The van der Waals surface area contributed by atoms with E-state index in [0.29, 0.717) is 33.2 Å². The second-order valence-corrected chi connectivity index (χ2v) is 13.7. The van der Waals surface area contributed by atoms with Crippen molar-refractivity contribution < 1.29 is 29.0 Å². The van der Waals surface area contributed by atoms with Gasteiger partial charge in [-0.25, -0.2) is 0 Å².